The van der Waals surface area contributed by atoms with E-state index in [-0.39, 0.29) is 5.91 Å². The summed E-state index contributed by atoms with van der Waals surface area (Å²) in [4.78, 5) is 25.4. The second kappa shape index (κ2) is 9.91. The minimum absolute atomic E-state index is 0.0597. The average molecular weight is 477 g/mol. The first kappa shape index (κ1) is 22.4. The lowest BCUT2D eigenvalue weighted by molar-refractivity contribution is 0.0951. The van der Waals surface area contributed by atoms with Gasteiger partial charge in [-0.25, -0.2) is 9.97 Å². The number of aromatic nitrogens is 2. The van der Waals surface area contributed by atoms with Gasteiger partial charge < -0.3 is 15.0 Å². The molecule has 1 amide bonds. The maximum Gasteiger partial charge on any atom is 0.252 e. The van der Waals surface area contributed by atoms with Gasteiger partial charge in [-0.2, -0.15) is 0 Å². The normalized spacial score (nSPS) is 16.3. The number of fused-ring (bicyclic) bond motifs is 2. The molecule has 2 aliphatic rings. The third-order valence-electron chi connectivity index (χ3n) is 6.91. The van der Waals surface area contributed by atoms with Gasteiger partial charge in [0.1, 0.15) is 5.82 Å². The van der Waals surface area contributed by atoms with Crippen molar-refractivity contribution in [1.29, 1.82) is 0 Å². The zero-order valence-electron chi connectivity index (χ0n) is 20.1. The van der Waals surface area contributed by atoms with Gasteiger partial charge in [0, 0.05) is 31.2 Å². The Balaban J connectivity index is 1.30. The van der Waals surface area contributed by atoms with E-state index in [2.05, 4.69) is 39.5 Å². The third kappa shape index (κ3) is 4.48. The predicted molar refractivity (Wildman–Crippen MR) is 143 cm³/mol. The fraction of sp³-hybridized carbons (Fsp3) is 0.233. The van der Waals surface area contributed by atoms with Crippen molar-refractivity contribution in [2.75, 3.05) is 31.2 Å². The monoisotopic (exact) mass is 476 g/mol. The molecule has 2 aromatic heterocycles. The first-order valence-corrected chi connectivity index (χ1v) is 12.5. The molecule has 4 aromatic rings. The van der Waals surface area contributed by atoms with Crippen LogP contribution in [0.25, 0.3) is 22.6 Å². The lowest BCUT2D eigenvalue weighted by atomic mass is 9.99. The number of morpholine rings is 1. The molecule has 0 saturated carbocycles. The van der Waals surface area contributed by atoms with Gasteiger partial charge in [-0.1, -0.05) is 48.5 Å². The van der Waals surface area contributed by atoms with Crippen molar-refractivity contribution >= 4 is 34.3 Å². The molecular weight excluding hydrogens is 448 g/mol. The Bertz CT molecular complexity index is 1440. The summed E-state index contributed by atoms with van der Waals surface area (Å²) in [7, 11) is 0. The molecule has 0 bridgehead atoms. The average Bonchev–Trinajstić information content (AvgIpc) is 3.33. The number of pyridine rings is 2. The van der Waals surface area contributed by atoms with Crippen molar-refractivity contribution in [3.63, 3.8) is 0 Å². The number of hydrogen-bond donors (Lipinski definition) is 1. The summed E-state index contributed by atoms with van der Waals surface area (Å²) in [5.74, 6) is 0.867. The van der Waals surface area contributed by atoms with Crippen LogP contribution in [0.2, 0.25) is 0 Å². The number of anilines is 1. The third-order valence-corrected chi connectivity index (χ3v) is 6.91. The van der Waals surface area contributed by atoms with Crippen LogP contribution in [0.15, 0.2) is 72.9 Å². The van der Waals surface area contributed by atoms with Crippen LogP contribution in [0.5, 0.6) is 0 Å². The molecule has 36 heavy (non-hydrogen) atoms. The van der Waals surface area contributed by atoms with Gasteiger partial charge in [0.05, 0.1) is 30.0 Å². The number of benzene rings is 2. The number of nitrogens with zero attached hydrogens (tertiary/aromatic N) is 3. The van der Waals surface area contributed by atoms with Crippen LogP contribution in [0.3, 0.4) is 0 Å². The van der Waals surface area contributed by atoms with Gasteiger partial charge in [0.15, 0.2) is 0 Å². The maximum atomic E-state index is 13.6. The fourth-order valence-electron chi connectivity index (χ4n) is 5.10. The molecule has 1 fully saturated rings. The van der Waals surface area contributed by atoms with Crippen molar-refractivity contribution in [3.8, 4) is 0 Å². The van der Waals surface area contributed by atoms with Crippen LogP contribution in [-0.2, 0) is 17.7 Å². The lowest BCUT2D eigenvalue weighted by Crippen LogP contribution is -2.36. The molecule has 2 aromatic carbocycles. The number of carbonyl (C=O) groups excluding carboxylic acids is 1. The van der Waals surface area contributed by atoms with E-state index in [9.17, 15) is 4.79 Å². The van der Waals surface area contributed by atoms with Crippen LogP contribution >= 0.6 is 0 Å². The molecule has 3 heterocycles. The van der Waals surface area contributed by atoms with Gasteiger partial charge in [-0.15, -0.1) is 0 Å². The lowest BCUT2D eigenvalue weighted by Gasteiger charge is -2.28. The molecule has 6 nitrogen and oxygen atoms in total. The molecule has 1 aliphatic heterocycles. The number of para-hydroxylation sites is 1. The van der Waals surface area contributed by atoms with Gasteiger partial charge >= 0.3 is 0 Å². The van der Waals surface area contributed by atoms with Crippen molar-refractivity contribution in [2.45, 2.75) is 19.4 Å². The second-order valence-corrected chi connectivity index (χ2v) is 9.22. The Kier molecular flexibility index (Phi) is 6.18. The molecule has 1 N–H and O–H groups in total. The number of hydrogen-bond acceptors (Lipinski definition) is 5. The summed E-state index contributed by atoms with van der Waals surface area (Å²) in [6, 6.07) is 22.2. The van der Waals surface area contributed by atoms with Gasteiger partial charge in [0.25, 0.3) is 5.91 Å². The van der Waals surface area contributed by atoms with Crippen LogP contribution in [0, 0.1) is 0 Å². The van der Waals surface area contributed by atoms with E-state index < -0.39 is 0 Å². The summed E-state index contributed by atoms with van der Waals surface area (Å²) in [5, 5.41) is 4.08. The second-order valence-electron chi connectivity index (χ2n) is 9.22. The van der Waals surface area contributed by atoms with Crippen molar-refractivity contribution in [1.82, 2.24) is 15.3 Å². The van der Waals surface area contributed by atoms with Crippen molar-refractivity contribution < 1.29 is 9.53 Å². The van der Waals surface area contributed by atoms with E-state index in [1.54, 1.807) is 0 Å². The van der Waals surface area contributed by atoms with Crippen LogP contribution in [0.4, 0.5) is 5.82 Å². The summed E-state index contributed by atoms with van der Waals surface area (Å²) in [6.07, 6.45) is 5.69. The Morgan fingerprint density at radius 3 is 2.67 bits per heavy atom. The molecule has 1 saturated heterocycles. The number of nitrogens with one attached hydrogen (secondary N) is 1. The quantitative estimate of drug-likeness (QED) is 0.445. The molecule has 6 rings (SSSR count). The fourth-order valence-corrected chi connectivity index (χ4v) is 5.10. The first-order chi connectivity index (χ1) is 17.8. The standard InChI is InChI=1S/C30H28N4O2/c35-30(32-20-22-12-13-31-27(19-22)34-14-16-36-17-15-34)28-24-8-4-5-9-26(24)33-29-23(10-11-25(28)29)18-21-6-2-1-3-7-21/h1-9,12-13,18-19H,10-11,14-17,20H2,(H,32,35). The SMILES string of the molecule is O=C(NCc1ccnc(N2CCOCC2)c1)c1c2c(nc3ccccc13)C(=Cc1ccccc1)CC2. The molecule has 0 spiro atoms. The largest absolute Gasteiger partial charge is 0.378 e. The first-order valence-electron chi connectivity index (χ1n) is 12.5. The minimum Gasteiger partial charge on any atom is -0.378 e. The Labute approximate surface area is 210 Å². The van der Waals surface area contributed by atoms with Gasteiger partial charge in [-0.3, -0.25) is 4.79 Å². The highest BCUT2D eigenvalue weighted by Gasteiger charge is 2.26. The van der Waals surface area contributed by atoms with E-state index >= 15 is 0 Å². The van der Waals surface area contributed by atoms with Crippen LogP contribution < -0.4 is 10.2 Å². The smallest absolute Gasteiger partial charge is 0.252 e. The topological polar surface area (TPSA) is 67.4 Å². The molecule has 180 valence electrons. The highest BCUT2D eigenvalue weighted by molar-refractivity contribution is 6.09. The molecule has 0 unspecified atom stereocenters. The van der Waals surface area contributed by atoms with E-state index in [1.807, 2.05) is 54.7 Å². The molecule has 6 heteroatoms. The molecular formula is C30H28N4O2. The van der Waals surface area contributed by atoms with Gasteiger partial charge in [-0.05, 0) is 59.4 Å². The van der Waals surface area contributed by atoms with Crippen LogP contribution in [0.1, 0.15) is 39.2 Å². The Morgan fingerprint density at radius 1 is 1.00 bits per heavy atom. The van der Waals surface area contributed by atoms with E-state index in [4.69, 9.17) is 9.72 Å². The Morgan fingerprint density at radius 2 is 1.81 bits per heavy atom. The summed E-state index contributed by atoms with van der Waals surface area (Å²) < 4.78 is 5.46. The number of ether oxygens (including phenoxy) is 1. The minimum atomic E-state index is -0.0597. The maximum absolute atomic E-state index is 13.6. The van der Waals surface area contributed by atoms with E-state index in [1.165, 1.54) is 5.57 Å². The van der Waals surface area contributed by atoms with E-state index in [0.717, 1.165) is 70.6 Å². The van der Waals surface area contributed by atoms with Crippen molar-refractivity contribution in [3.05, 3.63) is 101 Å². The predicted octanol–water partition coefficient (Wildman–Crippen LogP) is 4.88. The van der Waals surface area contributed by atoms with Crippen molar-refractivity contribution in [2.24, 2.45) is 0 Å². The molecule has 0 radical (unpaired) electrons. The number of carbonyl (C=O) groups is 1. The highest BCUT2D eigenvalue weighted by Crippen LogP contribution is 2.37. The van der Waals surface area contributed by atoms with Gasteiger partial charge in [0.2, 0.25) is 0 Å². The number of amides is 1. The number of allylic oxidation sites excluding steroid dienone is 1. The summed E-state index contributed by atoms with van der Waals surface area (Å²) >= 11 is 0. The molecule has 0 atom stereocenters. The zero-order valence-corrected chi connectivity index (χ0v) is 20.1. The highest BCUT2D eigenvalue weighted by atomic mass is 16.5. The van der Waals surface area contributed by atoms with Crippen LogP contribution in [-0.4, -0.2) is 42.2 Å². The van der Waals surface area contributed by atoms with E-state index in [0.29, 0.717) is 19.8 Å². The zero-order chi connectivity index (χ0) is 24.3. The Hall–Kier alpha value is -4.03. The number of rotatable bonds is 5. The summed E-state index contributed by atoms with van der Waals surface area (Å²) in [5.41, 5.74) is 6.93. The summed E-state index contributed by atoms with van der Waals surface area (Å²) in [6.45, 7) is 3.53. The molecule has 1 aliphatic carbocycles.